The Hall–Kier alpha value is -2.49. The molecule has 0 aliphatic carbocycles. The van der Waals surface area contributed by atoms with Gasteiger partial charge in [0.1, 0.15) is 6.29 Å². The molecule has 0 atom stereocenters. The maximum Gasteiger partial charge on any atom is 0.261 e. The Bertz CT molecular complexity index is 844. The third kappa shape index (κ3) is 3.80. The van der Waals surface area contributed by atoms with Gasteiger partial charge in [0.2, 0.25) is 0 Å². The molecule has 3 rings (SSSR count). The molecule has 0 bridgehead atoms. The van der Waals surface area contributed by atoms with Crippen LogP contribution in [0.2, 0.25) is 5.04 Å². The largest absolute Gasteiger partial charge is 0.403 e. The van der Waals surface area contributed by atoms with Gasteiger partial charge in [0, 0.05) is 5.56 Å². The van der Waals surface area contributed by atoms with E-state index in [0.29, 0.717) is 12.2 Å². The Kier molecular flexibility index (Phi) is 5.73. The predicted molar refractivity (Wildman–Crippen MR) is 114 cm³/mol. The SMILES string of the molecule is CC(C)(C)[Si](OCc1ccccc1C=O)(c1ccccc1)c1ccccc1. The maximum absolute atomic E-state index is 11.4. The van der Waals surface area contributed by atoms with E-state index in [9.17, 15) is 4.79 Å². The zero-order valence-corrected chi connectivity index (χ0v) is 17.2. The van der Waals surface area contributed by atoms with Crippen LogP contribution in [0.15, 0.2) is 84.9 Å². The molecule has 27 heavy (non-hydrogen) atoms. The number of carbonyl (C=O) groups excluding carboxylic acids is 1. The van der Waals surface area contributed by atoms with E-state index < -0.39 is 8.32 Å². The number of aldehydes is 1. The second-order valence-corrected chi connectivity index (χ2v) is 12.1. The Labute approximate surface area is 163 Å². The van der Waals surface area contributed by atoms with Gasteiger partial charge in [-0.25, -0.2) is 0 Å². The number of hydrogen-bond acceptors (Lipinski definition) is 2. The van der Waals surface area contributed by atoms with Crippen LogP contribution in [0.4, 0.5) is 0 Å². The van der Waals surface area contributed by atoms with Crippen molar-refractivity contribution in [2.75, 3.05) is 0 Å². The van der Waals surface area contributed by atoms with Gasteiger partial charge < -0.3 is 4.43 Å². The normalized spacial score (nSPS) is 12.0. The topological polar surface area (TPSA) is 26.3 Å². The smallest absolute Gasteiger partial charge is 0.261 e. The van der Waals surface area contributed by atoms with Crippen molar-refractivity contribution in [2.24, 2.45) is 0 Å². The van der Waals surface area contributed by atoms with Gasteiger partial charge in [0.15, 0.2) is 0 Å². The molecule has 138 valence electrons. The minimum Gasteiger partial charge on any atom is -0.403 e. The summed E-state index contributed by atoms with van der Waals surface area (Å²) in [5.41, 5.74) is 1.62. The van der Waals surface area contributed by atoms with Gasteiger partial charge in [0.05, 0.1) is 6.61 Å². The Morgan fingerprint density at radius 2 is 1.26 bits per heavy atom. The van der Waals surface area contributed by atoms with Gasteiger partial charge in [-0.2, -0.15) is 0 Å². The van der Waals surface area contributed by atoms with Crippen LogP contribution in [-0.4, -0.2) is 14.6 Å². The van der Waals surface area contributed by atoms with E-state index >= 15 is 0 Å². The second-order valence-electron chi connectivity index (χ2n) is 7.77. The van der Waals surface area contributed by atoms with Crippen molar-refractivity contribution in [1.82, 2.24) is 0 Å². The molecule has 0 aliphatic heterocycles. The molecular formula is C24H26O2Si. The molecule has 0 fully saturated rings. The van der Waals surface area contributed by atoms with Crippen molar-refractivity contribution < 1.29 is 9.22 Å². The van der Waals surface area contributed by atoms with Gasteiger partial charge in [-0.3, -0.25) is 4.79 Å². The summed E-state index contributed by atoms with van der Waals surface area (Å²) in [6.45, 7) is 7.18. The highest BCUT2D eigenvalue weighted by Crippen LogP contribution is 2.37. The van der Waals surface area contributed by atoms with E-state index in [1.165, 1.54) is 10.4 Å². The first-order valence-corrected chi connectivity index (χ1v) is 11.2. The van der Waals surface area contributed by atoms with Crippen molar-refractivity contribution in [3.8, 4) is 0 Å². The molecule has 0 aromatic heterocycles. The van der Waals surface area contributed by atoms with Gasteiger partial charge in [-0.05, 0) is 21.0 Å². The fourth-order valence-electron chi connectivity index (χ4n) is 3.73. The Morgan fingerprint density at radius 1 is 0.778 bits per heavy atom. The van der Waals surface area contributed by atoms with Gasteiger partial charge >= 0.3 is 0 Å². The number of hydrogen-bond donors (Lipinski definition) is 0. The minimum atomic E-state index is -2.58. The van der Waals surface area contributed by atoms with E-state index in [-0.39, 0.29) is 5.04 Å². The summed E-state index contributed by atoms with van der Waals surface area (Å²) in [4.78, 5) is 11.4. The first-order valence-electron chi connectivity index (χ1n) is 9.27. The molecule has 0 aliphatic rings. The summed E-state index contributed by atoms with van der Waals surface area (Å²) in [6, 6.07) is 28.8. The molecule has 0 unspecified atom stereocenters. The fraction of sp³-hybridized carbons (Fsp3) is 0.208. The van der Waals surface area contributed by atoms with Crippen LogP contribution in [0.1, 0.15) is 36.7 Å². The summed E-state index contributed by atoms with van der Waals surface area (Å²) in [7, 11) is -2.58. The van der Waals surface area contributed by atoms with E-state index in [2.05, 4.69) is 69.3 Å². The van der Waals surface area contributed by atoms with Crippen LogP contribution >= 0.6 is 0 Å². The van der Waals surface area contributed by atoms with Crippen molar-refractivity contribution in [2.45, 2.75) is 32.4 Å². The van der Waals surface area contributed by atoms with Crippen molar-refractivity contribution in [1.29, 1.82) is 0 Å². The van der Waals surface area contributed by atoms with Crippen LogP contribution in [0.5, 0.6) is 0 Å². The molecule has 0 saturated carbocycles. The third-order valence-electron chi connectivity index (χ3n) is 5.04. The number of rotatable bonds is 6. The van der Waals surface area contributed by atoms with Crippen molar-refractivity contribution in [3.05, 3.63) is 96.1 Å². The van der Waals surface area contributed by atoms with Crippen molar-refractivity contribution in [3.63, 3.8) is 0 Å². The molecule has 0 heterocycles. The molecule has 0 saturated heterocycles. The molecule has 0 N–H and O–H groups in total. The van der Waals surface area contributed by atoms with E-state index in [4.69, 9.17) is 4.43 Å². The molecule has 3 aromatic rings. The van der Waals surface area contributed by atoms with Gasteiger partial charge in [-0.15, -0.1) is 0 Å². The number of carbonyl (C=O) groups is 1. The first kappa shape index (κ1) is 19.3. The van der Waals surface area contributed by atoms with Crippen LogP contribution < -0.4 is 10.4 Å². The lowest BCUT2D eigenvalue weighted by molar-refractivity contribution is 0.112. The van der Waals surface area contributed by atoms with Gasteiger partial charge in [-0.1, -0.05) is 106 Å². The Balaban J connectivity index is 2.13. The van der Waals surface area contributed by atoms with E-state index in [1.807, 2.05) is 36.4 Å². The maximum atomic E-state index is 11.4. The van der Waals surface area contributed by atoms with Crippen molar-refractivity contribution >= 4 is 25.0 Å². The summed E-state index contributed by atoms with van der Waals surface area (Å²) in [5, 5.41) is 2.41. The number of benzene rings is 3. The lowest BCUT2D eigenvalue weighted by Crippen LogP contribution is -2.66. The van der Waals surface area contributed by atoms with E-state index in [1.54, 1.807) is 0 Å². The highest BCUT2D eigenvalue weighted by molar-refractivity contribution is 6.99. The monoisotopic (exact) mass is 374 g/mol. The molecule has 0 amide bonds. The lowest BCUT2D eigenvalue weighted by Gasteiger charge is -2.43. The predicted octanol–water partition coefficient (Wildman–Crippen LogP) is 4.58. The quantitative estimate of drug-likeness (QED) is 0.466. The van der Waals surface area contributed by atoms with Crippen LogP contribution in [0.3, 0.4) is 0 Å². The average molecular weight is 375 g/mol. The molecule has 2 nitrogen and oxygen atoms in total. The van der Waals surface area contributed by atoms with E-state index in [0.717, 1.165) is 11.8 Å². The fourth-order valence-corrected chi connectivity index (χ4v) is 8.26. The lowest BCUT2D eigenvalue weighted by atomic mass is 10.1. The zero-order valence-electron chi connectivity index (χ0n) is 16.2. The highest BCUT2D eigenvalue weighted by Gasteiger charge is 2.50. The minimum absolute atomic E-state index is 0.0776. The molecule has 3 heteroatoms. The molecule has 3 aromatic carbocycles. The third-order valence-corrected chi connectivity index (χ3v) is 10.0. The van der Waals surface area contributed by atoms with Crippen LogP contribution in [-0.2, 0) is 11.0 Å². The van der Waals surface area contributed by atoms with Gasteiger partial charge in [0.25, 0.3) is 8.32 Å². The second kappa shape index (κ2) is 8.03. The summed E-state index contributed by atoms with van der Waals surface area (Å²) >= 11 is 0. The zero-order chi connectivity index (χ0) is 19.3. The average Bonchev–Trinajstić information content (AvgIpc) is 2.69. The Morgan fingerprint density at radius 3 is 1.74 bits per heavy atom. The summed E-state index contributed by atoms with van der Waals surface area (Å²) < 4.78 is 6.87. The highest BCUT2D eigenvalue weighted by atomic mass is 28.4. The molecule has 0 spiro atoms. The molecule has 0 radical (unpaired) electrons. The summed E-state index contributed by atoms with van der Waals surface area (Å²) in [5.74, 6) is 0. The van der Waals surface area contributed by atoms with Crippen LogP contribution in [0, 0.1) is 0 Å². The van der Waals surface area contributed by atoms with Crippen LogP contribution in [0.25, 0.3) is 0 Å². The molecular weight excluding hydrogens is 348 g/mol. The first-order chi connectivity index (χ1) is 13.0. The summed E-state index contributed by atoms with van der Waals surface area (Å²) in [6.07, 6.45) is 0.907. The standard InChI is InChI=1S/C24H26O2Si/c1-24(2,3)27(22-14-6-4-7-15-22,23-16-8-5-9-17-23)26-19-21-13-11-10-12-20(21)18-25/h4-18H,19H2,1-3H3.